The molecule has 1 aromatic carbocycles. The molecule has 0 fully saturated rings. The van der Waals surface area contributed by atoms with Gasteiger partial charge in [0.2, 0.25) is 0 Å². The van der Waals surface area contributed by atoms with Crippen LogP contribution in [0.1, 0.15) is 52.7 Å². The topological polar surface area (TPSA) is 64.6 Å². The van der Waals surface area contributed by atoms with Crippen molar-refractivity contribution in [3.8, 4) is 0 Å². The monoisotopic (exact) mass is 335 g/mol. The molecule has 0 heterocycles. The number of esters is 1. The number of carbonyl (C=O) groups is 2. The summed E-state index contributed by atoms with van der Waals surface area (Å²) in [5.74, 6) is -0.499. The molecule has 0 bridgehead atoms. The average molecular weight is 335 g/mol. The number of nitrogens with one attached hydrogen (secondary N) is 1. The lowest BCUT2D eigenvalue weighted by Crippen LogP contribution is -2.45. The molecule has 0 spiro atoms. The van der Waals surface area contributed by atoms with Gasteiger partial charge >= 0.3 is 12.1 Å². The molecule has 1 amide bonds. The first-order chi connectivity index (χ1) is 10.9. The molecule has 24 heavy (non-hydrogen) atoms. The van der Waals surface area contributed by atoms with Crippen molar-refractivity contribution in [3.05, 3.63) is 35.4 Å². The van der Waals surface area contributed by atoms with E-state index in [9.17, 15) is 9.59 Å². The van der Waals surface area contributed by atoms with E-state index in [1.165, 1.54) is 12.7 Å². The van der Waals surface area contributed by atoms with Crippen LogP contribution in [0.25, 0.3) is 0 Å². The number of methoxy groups -OCH3 is 1. The molecule has 5 nitrogen and oxygen atoms in total. The highest BCUT2D eigenvalue weighted by molar-refractivity contribution is 5.81. The number of carbonyl (C=O) groups excluding carboxylic acids is 2. The maximum absolute atomic E-state index is 12.0. The van der Waals surface area contributed by atoms with Crippen LogP contribution >= 0.6 is 0 Å². The Labute approximate surface area is 144 Å². The van der Waals surface area contributed by atoms with Crippen LogP contribution in [-0.4, -0.2) is 30.8 Å². The van der Waals surface area contributed by atoms with Crippen LogP contribution < -0.4 is 5.32 Å². The molecule has 134 valence electrons. The van der Waals surface area contributed by atoms with E-state index >= 15 is 0 Å². The van der Waals surface area contributed by atoms with Crippen LogP contribution in [0.4, 0.5) is 4.79 Å². The Hall–Kier alpha value is -2.04. The van der Waals surface area contributed by atoms with Gasteiger partial charge in [0.05, 0.1) is 7.11 Å². The lowest BCUT2D eigenvalue weighted by molar-refractivity contribution is -0.143. The maximum atomic E-state index is 12.0. The van der Waals surface area contributed by atoms with Crippen LogP contribution in [0.15, 0.2) is 24.3 Å². The van der Waals surface area contributed by atoms with Gasteiger partial charge < -0.3 is 14.8 Å². The predicted octanol–water partition coefficient (Wildman–Crippen LogP) is 3.59. The molecule has 0 saturated carbocycles. The fourth-order valence-electron chi connectivity index (χ4n) is 2.16. The van der Waals surface area contributed by atoms with Crippen LogP contribution in [0.3, 0.4) is 0 Å². The molecule has 0 unspecified atom stereocenters. The van der Waals surface area contributed by atoms with Gasteiger partial charge in [-0.05, 0) is 37.3 Å². The molecule has 1 rings (SSSR count). The first-order valence-corrected chi connectivity index (χ1v) is 8.09. The first kappa shape index (κ1) is 20.0. The molecule has 0 saturated heterocycles. The van der Waals surface area contributed by atoms with Crippen molar-refractivity contribution < 1.29 is 19.1 Å². The van der Waals surface area contributed by atoms with E-state index in [0.29, 0.717) is 6.42 Å². The molecule has 5 heteroatoms. The summed E-state index contributed by atoms with van der Waals surface area (Å²) in [6.45, 7) is 11.7. The Kier molecular flexibility index (Phi) is 6.41. The van der Waals surface area contributed by atoms with Crippen molar-refractivity contribution in [1.82, 2.24) is 5.32 Å². The number of hydrogen-bond acceptors (Lipinski definition) is 4. The fourth-order valence-corrected chi connectivity index (χ4v) is 2.16. The van der Waals surface area contributed by atoms with Gasteiger partial charge in [-0.1, -0.05) is 45.0 Å². The van der Waals surface area contributed by atoms with Gasteiger partial charge in [0.15, 0.2) is 0 Å². The highest BCUT2D eigenvalue weighted by Crippen LogP contribution is 2.22. The van der Waals surface area contributed by atoms with Crippen molar-refractivity contribution >= 4 is 12.1 Å². The predicted molar refractivity (Wildman–Crippen MR) is 94.0 cm³/mol. The third kappa shape index (κ3) is 6.60. The van der Waals surface area contributed by atoms with Crippen molar-refractivity contribution in [3.63, 3.8) is 0 Å². The largest absolute Gasteiger partial charge is 0.467 e. The summed E-state index contributed by atoms with van der Waals surface area (Å²) in [4.78, 5) is 23.9. The molecule has 1 aromatic rings. The van der Waals surface area contributed by atoms with Crippen molar-refractivity contribution in [2.24, 2.45) is 0 Å². The third-order valence-corrected chi connectivity index (χ3v) is 3.44. The summed E-state index contributed by atoms with van der Waals surface area (Å²) < 4.78 is 9.99. The summed E-state index contributed by atoms with van der Waals surface area (Å²) in [7, 11) is 1.30. The van der Waals surface area contributed by atoms with Crippen molar-refractivity contribution in [2.45, 2.75) is 65.0 Å². The SMILES string of the molecule is COC(=O)[C@@H](Cc1ccc(C(C)(C)C)cc1)NC(=O)OC(C)(C)C. The van der Waals surface area contributed by atoms with Crippen molar-refractivity contribution in [1.29, 1.82) is 0 Å². The highest BCUT2D eigenvalue weighted by atomic mass is 16.6. The van der Waals surface area contributed by atoms with Gasteiger partial charge in [0.25, 0.3) is 0 Å². The fraction of sp³-hybridized carbons (Fsp3) is 0.579. The van der Waals surface area contributed by atoms with Gasteiger partial charge in [-0.15, -0.1) is 0 Å². The number of amides is 1. The Balaban J connectivity index is 2.83. The van der Waals surface area contributed by atoms with Gasteiger partial charge in [-0.25, -0.2) is 9.59 Å². The van der Waals surface area contributed by atoms with E-state index in [-0.39, 0.29) is 5.41 Å². The first-order valence-electron chi connectivity index (χ1n) is 8.09. The Morgan fingerprint density at radius 2 is 1.58 bits per heavy atom. The van der Waals surface area contributed by atoms with Gasteiger partial charge in [-0.2, -0.15) is 0 Å². The summed E-state index contributed by atoms with van der Waals surface area (Å²) >= 11 is 0. The van der Waals surface area contributed by atoms with Crippen LogP contribution in [0.2, 0.25) is 0 Å². The van der Waals surface area contributed by atoms with E-state index in [2.05, 4.69) is 26.1 Å². The third-order valence-electron chi connectivity index (χ3n) is 3.44. The second kappa shape index (κ2) is 7.69. The van der Waals surface area contributed by atoms with Gasteiger partial charge in [-0.3, -0.25) is 0 Å². The Bertz CT molecular complexity index is 565. The normalized spacial score (nSPS) is 13.1. The molecule has 1 N–H and O–H groups in total. The van der Waals surface area contributed by atoms with Crippen LogP contribution in [0.5, 0.6) is 0 Å². The summed E-state index contributed by atoms with van der Waals surface area (Å²) in [5, 5.41) is 2.58. The number of alkyl carbamates (subject to hydrolysis) is 1. The molecule has 0 aliphatic heterocycles. The van der Waals surface area contributed by atoms with Crippen LogP contribution in [-0.2, 0) is 26.1 Å². The number of rotatable bonds is 4. The number of hydrogen-bond donors (Lipinski definition) is 1. The number of benzene rings is 1. The van der Waals surface area contributed by atoms with E-state index in [1.54, 1.807) is 20.8 Å². The molecule has 0 aromatic heterocycles. The smallest absolute Gasteiger partial charge is 0.408 e. The lowest BCUT2D eigenvalue weighted by atomic mass is 9.86. The molecule has 0 radical (unpaired) electrons. The minimum Gasteiger partial charge on any atom is -0.467 e. The second-order valence-corrected chi connectivity index (χ2v) is 7.87. The van der Waals surface area contributed by atoms with E-state index < -0.39 is 23.7 Å². The summed E-state index contributed by atoms with van der Waals surface area (Å²) in [5.41, 5.74) is 1.59. The zero-order valence-corrected chi connectivity index (χ0v) is 15.7. The number of ether oxygens (including phenoxy) is 2. The van der Waals surface area contributed by atoms with E-state index in [1.807, 2.05) is 24.3 Å². The molecular weight excluding hydrogens is 306 g/mol. The quantitative estimate of drug-likeness (QED) is 0.854. The highest BCUT2D eigenvalue weighted by Gasteiger charge is 2.25. The van der Waals surface area contributed by atoms with E-state index in [4.69, 9.17) is 9.47 Å². The zero-order chi connectivity index (χ0) is 18.5. The summed E-state index contributed by atoms with van der Waals surface area (Å²) in [6.07, 6.45) is -0.291. The van der Waals surface area contributed by atoms with Crippen LogP contribution in [0, 0.1) is 0 Å². The van der Waals surface area contributed by atoms with Gasteiger partial charge in [0.1, 0.15) is 11.6 Å². The van der Waals surface area contributed by atoms with Crippen molar-refractivity contribution in [2.75, 3.05) is 7.11 Å². The average Bonchev–Trinajstić information content (AvgIpc) is 2.43. The Morgan fingerprint density at radius 3 is 2.00 bits per heavy atom. The molecule has 1 atom stereocenters. The molecule has 0 aliphatic carbocycles. The maximum Gasteiger partial charge on any atom is 0.408 e. The summed E-state index contributed by atoms with van der Waals surface area (Å²) in [6, 6.07) is 7.22. The standard InChI is InChI=1S/C19H29NO4/c1-18(2,3)14-10-8-13(9-11-14)12-15(16(21)23-7)20-17(22)24-19(4,5)6/h8-11,15H,12H2,1-7H3,(H,20,22)/t15-/m1/s1. The zero-order valence-electron chi connectivity index (χ0n) is 15.7. The minimum absolute atomic E-state index is 0.0645. The van der Waals surface area contributed by atoms with Gasteiger partial charge in [0, 0.05) is 6.42 Å². The minimum atomic E-state index is -0.787. The molecular formula is C19H29NO4. The second-order valence-electron chi connectivity index (χ2n) is 7.87. The van der Waals surface area contributed by atoms with E-state index in [0.717, 1.165) is 5.56 Å². The molecule has 0 aliphatic rings. The lowest BCUT2D eigenvalue weighted by Gasteiger charge is -2.23. The Morgan fingerprint density at radius 1 is 1.04 bits per heavy atom.